The van der Waals surface area contributed by atoms with Crippen LogP contribution >= 0.6 is 0 Å². The topological polar surface area (TPSA) is 64.4 Å². The third kappa shape index (κ3) is 4.27. The molecule has 1 heterocycles. The lowest BCUT2D eigenvalue weighted by Gasteiger charge is -2.10. The third-order valence-electron chi connectivity index (χ3n) is 2.38. The first-order valence-electron chi connectivity index (χ1n) is 6.10. The first kappa shape index (κ1) is 15.0. The lowest BCUT2D eigenvalue weighted by molar-refractivity contribution is 0.179. The van der Waals surface area contributed by atoms with Crippen molar-refractivity contribution in [2.45, 2.75) is 13.8 Å². The Morgan fingerprint density at radius 1 is 1.37 bits per heavy atom. The van der Waals surface area contributed by atoms with Crippen LogP contribution in [0.3, 0.4) is 0 Å². The Labute approximate surface area is 113 Å². The molecule has 0 unspecified atom stereocenters. The zero-order valence-corrected chi connectivity index (χ0v) is 11.5. The number of rotatable bonds is 7. The van der Waals surface area contributed by atoms with Gasteiger partial charge in [0.2, 0.25) is 5.88 Å². The highest BCUT2D eigenvalue weighted by Crippen LogP contribution is 2.21. The second kappa shape index (κ2) is 8.11. The molecule has 102 valence electrons. The first-order valence-corrected chi connectivity index (χ1v) is 6.10. The van der Waals surface area contributed by atoms with Gasteiger partial charge >= 0.3 is 0 Å². The minimum atomic E-state index is 0.296. The normalized spacial score (nSPS) is 10.9. The van der Waals surface area contributed by atoms with Crippen LogP contribution in [-0.2, 0) is 9.47 Å². The van der Waals surface area contributed by atoms with Crippen molar-refractivity contribution in [3.8, 4) is 11.9 Å². The average Bonchev–Trinajstić information content (AvgIpc) is 2.47. The highest BCUT2D eigenvalue weighted by atomic mass is 16.5. The van der Waals surface area contributed by atoms with E-state index in [1.807, 2.05) is 13.8 Å². The molecule has 5 nitrogen and oxygen atoms in total. The lowest BCUT2D eigenvalue weighted by Crippen LogP contribution is -2.03. The maximum Gasteiger partial charge on any atom is 0.214 e. The summed E-state index contributed by atoms with van der Waals surface area (Å²) in [7, 11) is 1.51. The van der Waals surface area contributed by atoms with E-state index in [0.29, 0.717) is 37.0 Å². The molecule has 0 fully saturated rings. The van der Waals surface area contributed by atoms with Crippen molar-refractivity contribution in [3.63, 3.8) is 0 Å². The van der Waals surface area contributed by atoms with Crippen LogP contribution in [0.15, 0.2) is 18.4 Å². The highest BCUT2D eigenvalue weighted by Gasteiger charge is 2.11. The Balaban J connectivity index is 3.11. The number of nitrogens with zero attached hydrogens (tertiary/aromatic N) is 2. The van der Waals surface area contributed by atoms with Gasteiger partial charge in [-0.2, -0.15) is 5.26 Å². The molecule has 0 spiro atoms. The van der Waals surface area contributed by atoms with Gasteiger partial charge in [0.15, 0.2) is 5.69 Å². The predicted octanol–water partition coefficient (Wildman–Crippen LogP) is 2.38. The highest BCUT2D eigenvalue weighted by molar-refractivity contribution is 5.69. The molecular formula is C14H18N2O3. The van der Waals surface area contributed by atoms with Gasteiger partial charge in [-0.15, -0.1) is 0 Å². The van der Waals surface area contributed by atoms with E-state index in [0.717, 1.165) is 5.57 Å². The van der Waals surface area contributed by atoms with Gasteiger partial charge in [0.25, 0.3) is 0 Å². The first-order chi connectivity index (χ1) is 9.26. The average molecular weight is 262 g/mol. The van der Waals surface area contributed by atoms with Crippen LogP contribution in [0.5, 0.6) is 5.88 Å². The van der Waals surface area contributed by atoms with Gasteiger partial charge in [0, 0.05) is 23.8 Å². The molecule has 1 aromatic heterocycles. The van der Waals surface area contributed by atoms with Crippen molar-refractivity contribution in [3.05, 3.63) is 29.7 Å². The van der Waals surface area contributed by atoms with E-state index in [1.54, 1.807) is 18.4 Å². The molecular weight excluding hydrogens is 244 g/mol. The van der Waals surface area contributed by atoms with E-state index in [2.05, 4.69) is 11.1 Å². The fraction of sp³-hybridized carbons (Fsp3) is 0.429. The molecule has 0 aromatic carbocycles. The summed E-state index contributed by atoms with van der Waals surface area (Å²) in [5.74, 6) is 0.410. The summed E-state index contributed by atoms with van der Waals surface area (Å²) in [6, 6.07) is 5.56. The van der Waals surface area contributed by atoms with Crippen molar-refractivity contribution < 1.29 is 14.2 Å². The zero-order valence-electron chi connectivity index (χ0n) is 11.5. The molecule has 5 heteroatoms. The van der Waals surface area contributed by atoms with E-state index in [9.17, 15) is 0 Å². The molecule has 1 aromatic rings. The summed E-state index contributed by atoms with van der Waals surface area (Å²) >= 11 is 0. The largest absolute Gasteiger partial charge is 0.501 e. The molecule has 0 saturated carbocycles. The molecule has 19 heavy (non-hydrogen) atoms. The number of hydrogen-bond donors (Lipinski definition) is 0. The zero-order chi connectivity index (χ0) is 14.1. The molecule has 1 rings (SSSR count). The van der Waals surface area contributed by atoms with Crippen molar-refractivity contribution in [1.82, 2.24) is 4.98 Å². The van der Waals surface area contributed by atoms with Crippen molar-refractivity contribution >= 4 is 5.57 Å². The van der Waals surface area contributed by atoms with Crippen LogP contribution in [0.2, 0.25) is 0 Å². The molecule has 0 aliphatic rings. The van der Waals surface area contributed by atoms with E-state index in [-0.39, 0.29) is 0 Å². The summed E-state index contributed by atoms with van der Waals surface area (Å²) < 4.78 is 15.7. The summed E-state index contributed by atoms with van der Waals surface area (Å²) in [6.07, 6.45) is 1.61. The van der Waals surface area contributed by atoms with E-state index in [1.165, 1.54) is 7.11 Å². The van der Waals surface area contributed by atoms with Crippen LogP contribution in [0.4, 0.5) is 0 Å². The minimum Gasteiger partial charge on any atom is -0.501 e. The van der Waals surface area contributed by atoms with Gasteiger partial charge in [-0.25, -0.2) is 4.98 Å². The summed E-state index contributed by atoms with van der Waals surface area (Å²) in [5.41, 5.74) is 1.78. The number of ether oxygens (including phenoxy) is 3. The fourth-order valence-corrected chi connectivity index (χ4v) is 1.47. The Bertz CT molecular complexity index is 478. The molecule has 0 N–H and O–H groups in total. The number of methoxy groups -OCH3 is 1. The molecule has 0 aliphatic carbocycles. The van der Waals surface area contributed by atoms with Gasteiger partial charge < -0.3 is 14.2 Å². The molecule has 0 bridgehead atoms. The quantitative estimate of drug-likeness (QED) is 0.706. The van der Waals surface area contributed by atoms with Gasteiger partial charge in [-0.3, -0.25) is 0 Å². The number of hydrogen-bond acceptors (Lipinski definition) is 5. The predicted molar refractivity (Wildman–Crippen MR) is 71.6 cm³/mol. The van der Waals surface area contributed by atoms with E-state index >= 15 is 0 Å². The number of nitriles is 1. The van der Waals surface area contributed by atoms with Crippen LogP contribution in [0.1, 0.15) is 25.1 Å². The summed E-state index contributed by atoms with van der Waals surface area (Å²) in [4.78, 5) is 4.11. The molecule has 0 amide bonds. The number of pyridine rings is 1. The van der Waals surface area contributed by atoms with E-state index < -0.39 is 0 Å². The third-order valence-corrected chi connectivity index (χ3v) is 2.38. The Hall–Kier alpha value is -2.06. The Morgan fingerprint density at radius 3 is 2.74 bits per heavy atom. The van der Waals surface area contributed by atoms with Crippen LogP contribution in [-0.4, -0.2) is 31.9 Å². The van der Waals surface area contributed by atoms with Crippen molar-refractivity contribution in [2.75, 3.05) is 26.9 Å². The second-order valence-electron chi connectivity index (χ2n) is 3.60. The minimum absolute atomic E-state index is 0.296. The van der Waals surface area contributed by atoms with E-state index in [4.69, 9.17) is 19.5 Å². The van der Waals surface area contributed by atoms with Crippen LogP contribution < -0.4 is 4.74 Å². The number of aromatic nitrogens is 1. The second-order valence-corrected chi connectivity index (χ2v) is 3.60. The van der Waals surface area contributed by atoms with Crippen LogP contribution in [0.25, 0.3) is 5.57 Å². The van der Waals surface area contributed by atoms with Crippen molar-refractivity contribution in [1.29, 1.82) is 5.26 Å². The lowest BCUT2D eigenvalue weighted by atomic mass is 10.1. The molecule has 0 aliphatic heterocycles. The van der Waals surface area contributed by atoms with Gasteiger partial charge in [-0.05, 0) is 19.9 Å². The standard InChI is InChI=1S/C14H18N2O3/c1-4-18-9-11(10-19-5-2)12-6-7-14(17-3)16-13(12)8-15/h6-7,9H,4-5,10H2,1-3H3/b11-9+. The van der Waals surface area contributed by atoms with Gasteiger partial charge in [-0.1, -0.05) is 0 Å². The molecule has 0 atom stereocenters. The molecule has 0 radical (unpaired) electrons. The van der Waals surface area contributed by atoms with Crippen molar-refractivity contribution in [2.24, 2.45) is 0 Å². The molecule has 0 saturated heterocycles. The summed E-state index contributed by atoms with van der Waals surface area (Å²) in [5, 5.41) is 9.16. The SMILES string of the molecule is CCO/C=C(\COCC)c1ccc(OC)nc1C#N. The smallest absolute Gasteiger partial charge is 0.214 e. The fourth-order valence-electron chi connectivity index (χ4n) is 1.47. The van der Waals surface area contributed by atoms with Gasteiger partial charge in [0.1, 0.15) is 6.07 Å². The maximum absolute atomic E-state index is 9.16. The Morgan fingerprint density at radius 2 is 2.16 bits per heavy atom. The summed E-state index contributed by atoms with van der Waals surface area (Å²) in [6.45, 7) is 5.33. The monoisotopic (exact) mass is 262 g/mol. The van der Waals surface area contributed by atoms with Gasteiger partial charge in [0.05, 0.1) is 26.6 Å². The van der Waals surface area contributed by atoms with Crippen LogP contribution in [0, 0.1) is 11.3 Å². The maximum atomic E-state index is 9.16. The Kier molecular flexibility index (Phi) is 6.41.